The normalized spacial score (nSPS) is 10.5. The Labute approximate surface area is 150 Å². The van der Waals surface area contributed by atoms with Gasteiger partial charge in [-0.25, -0.2) is 0 Å². The maximum atomic E-state index is 12.2. The second-order valence-electron chi connectivity index (χ2n) is 5.44. The van der Waals surface area contributed by atoms with Crippen molar-refractivity contribution >= 4 is 17.5 Å². The van der Waals surface area contributed by atoms with E-state index in [1.165, 1.54) is 6.39 Å². The number of hydrogen-bond donors (Lipinski definition) is 0. The SMILES string of the molecule is CN(Cc1cccc(Cl)c1)C(=O)COc1ccc(-c2nnco2)cc1. The third-order valence-corrected chi connectivity index (χ3v) is 3.79. The van der Waals surface area contributed by atoms with Crippen LogP contribution in [0.4, 0.5) is 0 Å². The average molecular weight is 358 g/mol. The van der Waals surface area contributed by atoms with Crippen molar-refractivity contribution < 1.29 is 13.9 Å². The summed E-state index contributed by atoms with van der Waals surface area (Å²) in [4.78, 5) is 13.8. The van der Waals surface area contributed by atoms with Crippen molar-refractivity contribution in [1.82, 2.24) is 15.1 Å². The van der Waals surface area contributed by atoms with E-state index in [2.05, 4.69) is 10.2 Å². The molecule has 6 nitrogen and oxygen atoms in total. The predicted octanol–water partition coefficient (Wildman–Crippen LogP) is 3.43. The zero-order chi connectivity index (χ0) is 17.6. The van der Waals surface area contributed by atoms with E-state index in [1.54, 1.807) is 42.3 Å². The lowest BCUT2D eigenvalue weighted by Gasteiger charge is -2.17. The van der Waals surface area contributed by atoms with Crippen LogP contribution in [0.5, 0.6) is 5.75 Å². The zero-order valence-corrected chi connectivity index (χ0v) is 14.3. The van der Waals surface area contributed by atoms with E-state index in [1.807, 2.05) is 18.2 Å². The molecule has 2 aromatic carbocycles. The Kier molecular flexibility index (Phi) is 5.30. The highest BCUT2D eigenvalue weighted by Gasteiger charge is 2.11. The van der Waals surface area contributed by atoms with E-state index in [0.29, 0.717) is 23.2 Å². The van der Waals surface area contributed by atoms with Crippen LogP contribution in [0.1, 0.15) is 5.56 Å². The highest BCUT2D eigenvalue weighted by molar-refractivity contribution is 6.30. The maximum Gasteiger partial charge on any atom is 0.260 e. The summed E-state index contributed by atoms with van der Waals surface area (Å²) in [7, 11) is 1.73. The van der Waals surface area contributed by atoms with Gasteiger partial charge in [0.15, 0.2) is 6.61 Å². The fourth-order valence-corrected chi connectivity index (χ4v) is 2.46. The molecule has 0 aliphatic carbocycles. The van der Waals surface area contributed by atoms with E-state index in [9.17, 15) is 4.79 Å². The minimum atomic E-state index is -0.124. The van der Waals surface area contributed by atoms with Crippen LogP contribution in [-0.2, 0) is 11.3 Å². The molecular formula is C18H16ClN3O3. The molecule has 0 aliphatic heterocycles. The van der Waals surface area contributed by atoms with E-state index < -0.39 is 0 Å². The monoisotopic (exact) mass is 357 g/mol. The first-order valence-corrected chi connectivity index (χ1v) is 7.97. The zero-order valence-electron chi connectivity index (χ0n) is 13.6. The molecule has 0 spiro atoms. The van der Waals surface area contributed by atoms with Gasteiger partial charge < -0.3 is 14.1 Å². The second kappa shape index (κ2) is 7.81. The van der Waals surface area contributed by atoms with E-state index in [0.717, 1.165) is 11.1 Å². The van der Waals surface area contributed by atoms with Crippen LogP contribution in [0, 0.1) is 0 Å². The van der Waals surface area contributed by atoms with Gasteiger partial charge in [0.25, 0.3) is 5.91 Å². The first-order valence-electron chi connectivity index (χ1n) is 7.59. The number of rotatable bonds is 6. The molecular weight excluding hydrogens is 342 g/mol. The predicted molar refractivity (Wildman–Crippen MR) is 93.2 cm³/mol. The molecule has 0 N–H and O–H groups in total. The van der Waals surface area contributed by atoms with E-state index in [-0.39, 0.29) is 12.5 Å². The van der Waals surface area contributed by atoms with E-state index in [4.69, 9.17) is 20.8 Å². The van der Waals surface area contributed by atoms with Crippen molar-refractivity contribution in [2.45, 2.75) is 6.54 Å². The molecule has 0 radical (unpaired) electrons. The van der Waals surface area contributed by atoms with Crippen LogP contribution in [-0.4, -0.2) is 34.7 Å². The summed E-state index contributed by atoms with van der Waals surface area (Å²) in [5.74, 6) is 0.901. The van der Waals surface area contributed by atoms with Crippen LogP contribution in [0.3, 0.4) is 0 Å². The number of halogens is 1. The van der Waals surface area contributed by atoms with Gasteiger partial charge in [-0.1, -0.05) is 23.7 Å². The van der Waals surface area contributed by atoms with Gasteiger partial charge in [0.05, 0.1) is 0 Å². The van der Waals surface area contributed by atoms with Crippen LogP contribution < -0.4 is 4.74 Å². The van der Waals surface area contributed by atoms with Crippen molar-refractivity contribution in [3.63, 3.8) is 0 Å². The Hall–Kier alpha value is -2.86. The molecule has 25 heavy (non-hydrogen) atoms. The van der Waals surface area contributed by atoms with Crippen molar-refractivity contribution in [2.24, 2.45) is 0 Å². The largest absolute Gasteiger partial charge is 0.484 e. The van der Waals surface area contributed by atoms with E-state index >= 15 is 0 Å². The standard InChI is InChI=1S/C18H16ClN3O3/c1-22(10-13-3-2-4-15(19)9-13)17(23)11-24-16-7-5-14(6-8-16)18-21-20-12-25-18/h2-9,12H,10-11H2,1H3. The Morgan fingerprint density at radius 1 is 1.24 bits per heavy atom. The molecule has 0 saturated carbocycles. The molecule has 3 rings (SSSR count). The fourth-order valence-electron chi connectivity index (χ4n) is 2.25. The van der Waals surface area contributed by atoms with Gasteiger partial charge in [-0.3, -0.25) is 4.79 Å². The summed E-state index contributed by atoms with van der Waals surface area (Å²) in [6.45, 7) is 0.426. The van der Waals surface area contributed by atoms with Gasteiger partial charge in [-0.2, -0.15) is 0 Å². The number of nitrogens with zero attached hydrogens (tertiary/aromatic N) is 3. The lowest BCUT2D eigenvalue weighted by molar-refractivity contribution is -0.132. The molecule has 0 aliphatic rings. The molecule has 1 amide bonds. The molecule has 0 unspecified atom stereocenters. The van der Waals surface area contributed by atoms with Crippen LogP contribution >= 0.6 is 11.6 Å². The molecule has 7 heteroatoms. The van der Waals surface area contributed by atoms with Gasteiger partial charge in [-0.15, -0.1) is 10.2 Å². The summed E-state index contributed by atoms with van der Waals surface area (Å²) in [5, 5.41) is 8.11. The van der Waals surface area contributed by atoms with Gasteiger partial charge in [-0.05, 0) is 42.0 Å². The number of carbonyl (C=O) groups is 1. The summed E-state index contributed by atoms with van der Waals surface area (Å²) in [5.41, 5.74) is 1.75. The van der Waals surface area contributed by atoms with Crippen molar-refractivity contribution in [1.29, 1.82) is 0 Å². The van der Waals surface area contributed by atoms with Gasteiger partial charge in [0.1, 0.15) is 5.75 Å². The quantitative estimate of drug-likeness (QED) is 0.676. The third kappa shape index (κ3) is 4.58. The molecule has 1 heterocycles. The number of amides is 1. The minimum absolute atomic E-state index is 0.0447. The first-order chi connectivity index (χ1) is 12.1. The third-order valence-electron chi connectivity index (χ3n) is 3.56. The lowest BCUT2D eigenvalue weighted by atomic mass is 10.2. The molecule has 3 aromatic rings. The Morgan fingerprint density at radius 2 is 2.04 bits per heavy atom. The van der Waals surface area contributed by atoms with Crippen LogP contribution in [0.15, 0.2) is 59.3 Å². The summed E-state index contributed by atoms with van der Waals surface area (Å²) >= 11 is 5.96. The first kappa shape index (κ1) is 17.0. The van der Waals surface area contributed by atoms with Crippen LogP contribution in [0.25, 0.3) is 11.5 Å². The molecule has 0 bridgehead atoms. The summed E-state index contributed by atoms with van der Waals surface area (Å²) < 4.78 is 10.7. The maximum absolute atomic E-state index is 12.2. The second-order valence-corrected chi connectivity index (χ2v) is 5.87. The number of carbonyl (C=O) groups excluding carboxylic acids is 1. The average Bonchev–Trinajstić information content (AvgIpc) is 3.14. The van der Waals surface area contributed by atoms with Gasteiger partial charge in [0, 0.05) is 24.2 Å². The topological polar surface area (TPSA) is 68.5 Å². The number of aromatic nitrogens is 2. The molecule has 0 atom stereocenters. The summed E-state index contributed by atoms with van der Waals surface area (Å²) in [6, 6.07) is 14.5. The Morgan fingerprint density at radius 3 is 2.72 bits per heavy atom. The van der Waals surface area contributed by atoms with Crippen molar-refractivity contribution in [2.75, 3.05) is 13.7 Å². The molecule has 0 fully saturated rings. The molecule has 1 aromatic heterocycles. The van der Waals surface area contributed by atoms with Crippen LogP contribution in [0.2, 0.25) is 5.02 Å². The molecule has 0 saturated heterocycles. The number of benzene rings is 2. The lowest BCUT2D eigenvalue weighted by Crippen LogP contribution is -2.30. The highest BCUT2D eigenvalue weighted by Crippen LogP contribution is 2.20. The summed E-state index contributed by atoms with van der Waals surface area (Å²) in [6.07, 6.45) is 1.27. The fraction of sp³-hybridized carbons (Fsp3) is 0.167. The smallest absolute Gasteiger partial charge is 0.260 e. The highest BCUT2D eigenvalue weighted by atomic mass is 35.5. The van der Waals surface area contributed by atoms with Crippen molar-refractivity contribution in [3.05, 3.63) is 65.5 Å². The molecule has 128 valence electrons. The van der Waals surface area contributed by atoms with Gasteiger partial charge >= 0.3 is 0 Å². The Balaban J connectivity index is 1.53. The number of hydrogen-bond acceptors (Lipinski definition) is 5. The van der Waals surface area contributed by atoms with Crippen molar-refractivity contribution in [3.8, 4) is 17.2 Å². The Bertz CT molecular complexity index is 835. The minimum Gasteiger partial charge on any atom is -0.484 e. The van der Waals surface area contributed by atoms with Gasteiger partial charge in [0.2, 0.25) is 12.3 Å². The number of ether oxygens (including phenoxy) is 1. The number of likely N-dealkylation sites (N-methyl/N-ethyl adjacent to an activating group) is 1.